The molecule has 0 fully saturated rings. The van der Waals surface area contributed by atoms with Gasteiger partial charge in [-0.05, 0) is 30.7 Å². The first-order valence-corrected chi connectivity index (χ1v) is 3.50. The fourth-order valence-corrected chi connectivity index (χ4v) is 0.818. The summed E-state index contributed by atoms with van der Waals surface area (Å²) in [6, 6.07) is 0.412. The highest BCUT2D eigenvalue weighted by Crippen LogP contribution is 2.07. The minimum atomic E-state index is 0.412. The second-order valence-corrected chi connectivity index (χ2v) is 2.43. The summed E-state index contributed by atoms with van der Waals surface area (Å²) in [5.41, 5.74) is 0. The van der Waals surface area contributed by atoms with Crippen LogP contribution in [0.1, 0.15) is 32.1 Å². The third-order valence-corrected chi connectivity index (χ3v) is 1.67. The third-order valence-electron chi connectivity index (χ3n) is 1.67. The van der Waals surface area contributed by atoms with Crippen LogP contribution >= 0.6 is 0 Å². The fraction of sp³-hybridized carbons (Fsp3) is 0.833. The largest absolute Gasteiger partial charge is 0.227 e. The van der Waals surface area contributed by atoms with Gasteiger partial charge in [0.1, 0.15) is 5.82 Å². The number of hydrogen-bond donors (Lipinski definition) is 0. The van der Waals surface area contributed by atoms with E-state index in [9.17, 15) is 0 Å². The van der Waals surface area contributed by atoms with Gasteiger partial charge in [-0.3, -0.25) is 0 Å². The van der Waals surface area contributed by atoms with Gasteiger partial charge < -0.3 is 0 Å². The average molecular weight is 140 g/mol. The van der Waals surface area contributed by atoms with Crippen molar-refractivity contribution in [2.24, 2.45) is 0 Å². The Morgan fingerprint density at radius 1 is 1.60 bits per heavy atom. The lowest BCUT2D eigenvalue weighted by atomic mass is 10.3. The molecule has 0 aromatic carbocycles. The summed E-state index contributed by atoms with van der Waals surface area (Å²) in [4.78, 5) is 0. The number of rotatable bonds is 2. The van der Waals surface area contributed by atoms with Crippen molar-refractivity contribution >= 4 is 0 Å². The van der Waals surface area contributed by atoms with E-state index in [-0.39, 0.29) is 0 Å². The summed E-state index contributed by atoms with van der Waals surface area (Å²) in [5.74, 6) is 0.884. The van der Waals surface area contributed by atoms with Crippen LogP contribution in [0.15, 0.2) is 0 Å². The molecule has 0 N–H and O–H groups in total. The zero-order chi connectivity index (χ0) is 7.56. The van der Waals surface area contributed by atoms with E-state index in [1.165, 1.54) is 0 Å². The highest BCUT2D eigenvalue weighted by atomic mass is 15.5. The maximum atomic E-state index is 3.84. The minimum absolute atomic E-state index is 0.412. The van der Waals surface area contributed by atoms with E-state index < -0.39 is 0 Å². The molecule has 0 aliphatic rings. The molecule has 0 saturated carbocycles. The molecule has 1 unspecified atom stereocenters. The van der Waals surface area contributed by atoms with E-state index in [2.05, 4.69) is 29.4 Å². The highest BCUT2D eigenvalue weighted by molar-refractivity contribution is 4.76. The molecule has 1 aromatic rings. The maximum absolute atomic E-state index is 3.84. The Morgan fingerprint density at radius 3 is 2.70 bits per heavy atom. The molecule has 0 aliphatic carbocycles. The van der Waals surface area contributed by atoms with Crippen LogP contribution < -0.4 is 0 Å². The predicted molar refractivity (Wildman–Crippen MR) is 37.6 cm³/mol. The number of aromatic nitrogens is 4. The maximum Gasteiger partial charge on any atom is 0.148 e. The van der Waals surface area contributed by atoms with E-state index in [1.807, 2.05) is 11.6 Å². The molecular formula is C6H12N4. The predicted octanol–water partition coefficient (Wildman–Crippen LogP) is 0.953. The van der Waals surface area contributed by atoms with Crippen LogP contribution in [-0.4, -0.2) is 20.2 Å². The molecule has 0 spiro atoms. The van der Waals surface area contributed by atoms with Gasteiger partial charge in [-0.25, -0.2) is 4.68 Å². The number of aryl methyl sites for hydroxylation is 1. The molecular weight excluding hydrogens is 128 g/mol. The molecule has 0 amide bonds. The van der Waals surface area contributed by atoms with Crippen LogP contribution in [0.4, 0.5) is 0 Å². The van der Waals surface area contributed by atoms with Crippen molar-refractivity contribution < 1.29 is 0 Å². The van der Waals surface area contributed by atoms with E-state index in [4.69, 9.17) is 0 Å². The Labute approximate surface area is 60.2 Å². The number of tetrazole rings is 1. The Hall–Kier alpha value is -0.930. The SMILES string of the molecule is CCC(C)n1nnnc1C. The zero-order valence-electron chi connectivity index (χ0n) is 6.57. The van der Waals surface area contributed by atoms with Crippen molar-refractivity contribution in [3.8, 4) is 0 Å². The summed E-state index contributed by atoms with van der Waals surface area (Å²) >= 11 is 0. The third kappa shape index (κ3) is 1.15. The van der Waals surface area contributed by atoms with E-state index in [1.54, 1.807) is 0 Å². The molecule has 4 heteroatoms. The average Bonchev–Trinajstić information content (AvgIpc) is 2.34. The molecule has 1 rings (SSSR count). The minimum Gasteiger partial charge on any atom is -0.227 e. The van der Waals surface area contributed by atoms with Crippen LogP contribution in [0.25, 0.3) is 0 Å². The molecule has 4 nitrogen and oxygen atoms in total. The van der Waals surface area contributed by atoms with Gasteiger partial charge in [-0.1, -0.05) is 6.92 Å². The highest BCUT2D eigenvalue weighted by Gasteiger charge is 2.05. The summed E-state index contributed by atoms with van der Waals surface area (Å²) in [6.07, 6.45) is 1.06. The molecule has 1 aromatic heterocycles. The second kappa shape index (κ2) is 2.77. The molecule has 56 valence electrons. The fourth-order valence-electron chi connectivity index (χ4n) is 0.818. The Bertz CT molecular complexity index is 205. The quantitative estimate of drug-likeness (QED) is 0.614. The topological polar surface area (TPSA) is 43.6 Å². The van der Waals surface area contributed by atoms with Crippen molar-refractivity contribution in [2.45, 2.75) is 33.2 Å². The number of nitrogens with zero attached hydrogens (tertiary/aromatic N) is 4. The van der Waals surface area contributed by atoms with Crippen molar-refractivity contribution in [3.05, 3.63) is 5.82 Å². The van der Waals surface area contributed by atoms with E-state index in [0.29, 0.717) is 6.04 Å². The molecule has 0 saturated heterocycles. The summed E-state index contributed by atoms with van der Waals surface area (Å²) in [5, 5.41) is 11.2. The second-order valence-electron chi connectivity index (χ2n) is 2.43. The summed E-state index contributed by atoms with van der Waals surface area (Å²) < 4.78 is 1.83. The van der Waals surface area contributed by atoms with E-state index in [0.717, 1.165) is 12.2 Å². The van der Waals surface area contributed by atoms with Gasteiger partial charge in [0.05, 0.1) is 6.04 Å². The first-order valence-electron chi connectivity index (χ1n) is 3.50. The first kappa shape index (κ1) is 7.18. The van der Waals surface area contributed by atoms with Crippen LogP contribution in [0, 0.1) is 6.92 Å². The monoisotopic (exact) mass is 140 g/mol. The lowest BCUT2D eigenvalue weighted by Crippen LogP contribution is -2.07. The Morgan fingerprint density at radius 2 is 2.30 bits per heavy atom. The molecule has 0 aliphatic heterocycles. The standard InChI is InChI=1S/C6H12N4/c1-4-5(2)10-6(3)7-8-9-10/h5H,4H2,1-3H3. The zero-order valence-corrected chi connectivity index (χ0v) is 6.57. The van der Waals surface area contributed by atoms with Crippen molar-refractivity contribution in [1.82, 2.24) is 20.2 Å². The van der Waals surface area contributed by atoms with Gasteiger partial charge in [0.25, 0.3) is 0 Å². The molecule has 0 bridgehead atoms. The molecule has 10 heavy (non-hydrogen) atoms. The van der Waals surface area contributed by atoms with Gasteiger partial charge in [0.15, 0.2) is 0 Å². The Balaban J connectivity index is 2.82. The van der Waals surface area contributed by atoms with Gasteiger partial charge in [-0.2, -0.15) is 0 Å². The van der Waals surface area contributed by atoms with Crippen LogP contribution in [-0.2, 0) is 0 Å². The van der Waals surface area contributed by atoms with Gasteiger partial charge in [0, 0.05) is 0 Å². The van der Waals surface area contributed by atoms with Gasteiger partial charge >= 0.3 is 0 Å². The molecule has 1 atom stereocenters. The number of hydrogen-bond acceptors (Lipinski definition) is 3. The molecule has 1 heterocycles. The van der Waals surface area contributed by atoms with Crippen molar-refractivity contribution in [3.63, 3.8) is 0 Å². The lowest BCUT2D eigenvalue weighted by Gasteiger charge is -2.07. The van der Waals surface area contributed by atoms with Crippen LogP contribution in [0.5, 0.6) is 0 Å². The normalized spacial score (nSPS) is 13.5. The van der Waals surface area contributed by atoms with Crippen LogP contribution in [0.2, 0.25) is 0 Å². The Kier molecular flexibility index (Phi) is 1.99. The van der Waals surface area contributed by atoms with Gasteiger partial charge in [0.2, 0.25) is 0 Å². The van der Waals surface area contributed by atoms with E-state index >= 15 is 0 Å². The lowest BCUT2D eigenvalue weighted by molar-refractivity contribution is 0.454. The first-order chi connectivity index (χ1) is 4.75. The van der Waals surface area contributed by atoms with Gasteiger partial charge in [-0.15, -0.1) is 5.10 Å². The smallest absolute Gasteiger partial charge is 0.148 e. The van der Waals surface area contributed by atoms with Crippen LogP contribution in [0.3, 0.4) is 0 Å². The summed E-state index contributed by atoms with van der Waals surface area (Å²) in [7, 11) is 0. The van der Waals surface area contributed by atoms with Crippen molar-refractivity contribution in [2.75, 3.05) is 0 Å². The molecule has 0 radical (unpaired) electrons. The van der Waals surface area contributed by atoms with Crippen molar-refractivity contribution in [1.29, 1.82) is 0 Å². The summed E-state index contributed by atoms with van der Waals surface area (Å²) in [6.45, 7) is 6.13.